The highest BCUT2D eigenvalue weighted by molar-refractivity contribution is 5.69. The van der Waals surface area contributed by atoms with Crippen LogP contribution in [0, 0.1) is 10.1 Å². The van der Waals surface area contributed by atoms with E-state index < -0.39 is 0 Å². The summed E-state index contributed by atoms with van der Waals surface area (Å²) in [4.78, 5) is 21.5. The lowest BCUT2D eigenvalue weighted by atomic mass is 10.1. The Kier molecular flexibility index (Phi) is 11.0. The Bertz CT molecular complexity index is 554. The average molecular weight is 347 g/mol. The summed E-state index contributed by atoms with van der Waals surface area (Å²) in [6.07, 6.45) is 13.5. The summed E-state index contributed by atoms with van der Waals surface area (Å²) in [5, 5.41) is 10.7. The maximum Gasteiger partial charge on any atom is 0.305 e. The first-order chi connectivity index (χ1) is 12.1. The number of hydrogen-bond donors (Lipinski definition) is 0. The molecule has 5 nitrogen and oxygen atoms in total. The number of carbonyl (C=O) groups excluding carboxylic acids is 1. The fourth-order valence-corrected chi connectivity index (χ4v) is 2.61. The molecule has 0 saturated heterocycles. The monoisotopic (exact) mass is 347 g/mol. The molecule has 0 aliphatic carbocycles. The third-order valence-electron chi connectivity index (χ3n) is 3.95. The van der Waals surface area contributed by atoms with E-state index in [9.17, 15) is 14.9 Å². The van der Waals surface area contributed by atoms with E-state index in [0.29, 0.717) is 13.0 Å². The lowest BCUT2D eigenvalue weighted by Gasteiger charge is -2.02. The molecular formula is C20H29NO4. The van der Waals surface area contributed by atoms with Gasteiger partial charge in [0, 0.05) is 18.6 Å². The van der Waals surface area contributed by atoms with Gasteiger partial charge in [0.2, 0.25) is 0 Å². The number of benzene rings is 1. The minimum atomic E-state index is -0.371. The third kappa shape index (κ3) is 10.3. The number of unbranched alkanes of at least 4 members (excludes halogenated alkanes) is 7. The largest absolute Gasteiger partial charge is 0.466 e. The molecule has 0 aliphatic rings. The highest BCUT2D eigenvalue weighted by atomic mass is 16.6. The molecule has 1 aromatic carbocycles. The lowest BCUT2D eigenvalue weighted by molar-refractivity contribution is -0.384. The Morgan fingerprint density at radius 1 is 1.12 bits per heavy atom. The van der Waals surface area contributed by atoms with Gasteiger partial charge in [-0.25, -0.2) is 0 Å². The minimum absolute atomic E-state index is 0.0852. The molecule has 0 N–H and O–H groups in total. The molecule has 0 unspecified atom stereocenters. The van der Waals surface area contributed by atoms with Gasteiger partial charge in [-0.15, -0.1) is 0 Å². The van der Waals surface area contributed by atoms with E-state index in [1.165, 1.54) is 31.7 Å². The molecule has 138 valence electrons. The molecule has 0 spiro atoms. The highest BCUT2D eigenvalue weighted by Gasteiger charge is 2.03. The van der Waals surface area contributed by atoms with Gasteiger partial charge in [-0.1, -0.05) is 56.4 Å². The number of nitrogens with zero attached hydrogens (tertiary/aromatic N) is 1. The highest BCUT2D eigenvalue weighted by Crippen LogP contribution is 2.15. The number of hydrogen-bond acceptors (Lipinski definition) is 4. The lowest BCUT2D eigenvalue weighted by Crippen LogP contribution is -2.03. The van der Waals surface area contributed by atoms with Crippen LogP contribution in [-0.4, -0.2) is 17.5 Å². The molecule has 5 heteroatoms. The van der Waals surface area contributed by atoms with E-state index in [1.54, 1.807) is 12.1 Å². The summed E-state index contributed by atoms with van der Waals surface area (Å²) in [6.45, 7) is 2.30. The van der Waals surface area contributed by atoms with Gasteiger partial charge in [-0.2, -0.15) is 0 Å². The summed E-state index contributed by atoms with van der Waals surface area (Å²) in [5.74, 6) is -0.0852. The molecule has 0 bridgehead atoms. The molecule has 25 heavy (non-hydrogen) atoms. The number of nitro groups is 1. The summed E-state index contributed by atoms with van der Waals surface area (Å²) >= 11 is 0. The van der Waals surface area contributed by atoms with Crippen LogP contribution in [0.3, 0.4) is 0 Å². The number of esters is 1. The maximum absolute atomic E-state index is 11.2. The van der Waals surface area contributed by atoms with Gasteiger partial charge in [0.25, 0.3) is 5.69 Å². The SMILES string of the molecule is CCOC(=O)CCCCCCCCC/C=C/c1cccc([N+](=O)[O-])c1. The van der Waals surface area contributed by atoms with E-state index in [0.717, 1.165) is 31.2 Å². The first kappa shape index (κ1) is 20.9. The minimum Gasteiger partial charge on any atom is -0.466 e. The van der Waals surface area contributed by atoms with Crippen LogP contribution in [0.25, 0.3) is 6.08 Å². The van der Waals surface area contributed by atoms with Gasteiger partial charge in [0.15, 0.2) is 0 Å². The van der Waals surface area contributed by atoms with E-state index in [1.807, 2.05) is 19.1 Å². The smallest absolute Gasteiger partial charge is 0.305 e. The van der Waals surface area contributed by atoms with Gasteiger partial charge in [-0.05, 0) is 31.7 Å². The molecule has 0 heterocycles. The number of ether oxygens (including phenoxy) is 1. The quantitative estimate of drug-likeness (QED) is 0.199. The molecule has 0 atom stereocenters. The van der Waals surface area contributed by atoms with Crippen molar-refractivity contribution in [1.29, 1.82) is 0 Å². The standard InChI is InChI=1S/C20H29NO4/c1-2-25-20(22)16-11-9-7-5-3-4-6-8-10-13-18-14-12-15-19(17-18)21(23)24/h10,12-15,17H,2-9,11,16H2,1H3/b13-10+. The Balaban J connectivity index is 2.01. The fraction of sp³-hybridized carbons (Fsp3) is 0.550. The van der Waals surface area contributed by atoms with Gasteiger partial charge in [0.1, 0.15) is 0 Å². The zero-order valence-electron chi connectivity index (χ0n) is 15.1. The van der Waals surface area contributed by atoms with Crippen molar-refractivity contribution in [3.63, 3.8) is 0 Å². The predicted octanol–water partition coefficient (Wildman–Crippen LogP) is 5.68. The van der Waals surface area contributed by atoms with E-state index in [4.69, 9.17) is 4.74 Å². The number of allylic oxidation sites excluding steroid dienone is 1. The second kappa shape index (κ2) is 13.2. The summed E-state index contributed by atoms with van der Waals surface area (Å²) in [7, 11) is 0. The molecule has 0 aliphatic heterocycles. The van der Waals surface area contributed by atoms with Crippen molar-refractivity contribution in [3.8, 4) is 0 Å². The molecule has 1 rings (SSSR count). The van der Waals surface area contributed by atoms with E-state index in [-0.39, 0.29) is 16.6 Å². The normalized spacial score (nSPS) is 10.9. The number of rotatable bonds is 13. The van der Waals surface area contributed by atoms with Crippen LogP contribution < -0.4 is 0 Å². The first-order valence-corrected chi connectivity index (χ1v) is 9.20. The zero-order valence-corrected chi connectivity index (χ0v) is 15.1. The van der Waals surface area contributed by atoms with Gasteiger partial charge >= 0.3 is 5.97 Å². The molecular weight excluding hydrogens is 318 g/mol. The van der Waals surface area contributed by atoms with Crippen LogP contribution in [0.5, 0.6) is 0 Å². The van der Waals surface area contributed by atoms with Crippen molar-refractivity contribution in [2.24, 2.45) is 0 Å². The van der Waals surface area contributed by atoms with Crippen LogP contribution in [0.15, 0.2) is 30.3 Å². The van der Waals surface area contributed by atoms with Gasteiger partial charge in [0.05, 0.1) is 11.5 Å². The first-order valence-electron chi connectivity index (χ1n) is 9.20. The Morgan fingerprint density at radius 3 is 2.48 bits per heavy atom. The molecule has 1 aromatic rings. The van der Waals surface area contributed by atoms with Gasteiger partial charge in [-0.3, -0.25) is 14.9 Å². The van der Waals surface area contributed by atoms with Crippen LogP contribution in [0.2, 0.25) is 0 Å². The second-order valence-corrected chi connectivity index (χ2v) is 6.07. The van der Waals surface area contributed by atoms with Crippen molar-refractivity contribution in [2.75, 3.05) is 6.61 Å². The van der Waals surface area contributed by atoms with Gasteiger partial charge < -0.3 is 4.74 Å². The average Bonchev–Trinajstić information content (AvgIpc) is 2.60. The summed E-state index contributed by atoms with van der Waals surface area (Å²) in [5.41, 5.74) is 1.00. The van der Waals surface area contributed by atoms with Crippen molar-refractivity contribution >= 4 is 17.7 Å². The molecule has 0 radical (unpaired) electrons. The van der Waals surface area contributed by atoms with E-state index >= 15 is 0 Å². The molecule has 0 saturated carbocycles. The fourth-order valence-electron chi connectivity index (χ4n) is 2.61. The number of non-ortho nitro benzene ring substituents is 1. The predicted molar refractivity (Wildman–Crippen MR) is 100 cm³/mol. The molecule has 0 fully saturated rings. The number of carbonyl (C=O) groups is 1. The van der Waals surface area contributed by atoms with E-state index in [2.05, 4.69) is 6.08 Å². The van der Waals surface area contributed by atoms with Crippen molar-refractivity contribution in [3.05, 3.63) is 46.0 Å². The maximum atomic E-state index is 11.2. The van der Waals surface area contributed by atoms with Crippen LogP contribution in [0.1, 0.15) is 70.3 Å². The van der Waals surface area contributed by atoms with Crippen LogP contribution in [-0.2, 0) is 9.53 Å². The number of nitro benzene ring substituents is 1. The Labute approximate surface area is 150 Å². The van der Waals surface area contributed by atoms with Crippen LogP contribution >= 0.6 is 0 Å². The molecule has 0 amide bonds. The zero-order chi connectivity index (χ0) is 18.3. The summed E-state index contributed by atoms with van der Waals surface area (Å²) < 4.78 is 4.90. The van der Waals surface area contributed by atoms with Crippen molar-refractivity contribution in [1.82, 2.24) is 0 Å². The van der Waals surface area contributed by atoms with Crippen molar-refractivity contribution < 1.29 is 14.5 Å². The van der Waals surface area contributed by atoms with Crippen molar-refractivity contribution in [2.45, 2.75) is 64.7 Å². The van der Waals surface area contributed by atoms with Crippen LogP contribution in [0.4, 0.5) is 5.69 Å². The topological polar surface area (TPSA) is 69.4 Å². The summed E-state index contributed by atoms with van der Waals surface area (Å²) in [6, 6.07) is 6.68. The second-order valence-electron chi connectivity index (χ2n) is 6.07. The third-order valence-corrected chi connectivity index (χ3v) is 3.95. The Hall–Kier alpha value is -2.17. The molecule has 0 aromatic heterocycles. The Morgan fingerprint density at radius 2 is 1.80 bits per heavy atom.